The number of carbonyl (C=O) groups is 1. The summed E-state index contributed by atoms with van der Waals surface area (Å²) in [6.07, 6.45) is 6.12. The van der Waals surface area contributed by atoms with E-state index < -0.39 is 10.0 Å². The van der Waals surface area contributed by atoms with E-state index in [1.165, 1.54) is 22.9 Å². The van der Waals surface area contributed by atoms with Crippen LogP contribution >= 0.6 is 0 Å². The monoisotopic (exact) mass is 403 g/mol. The molecular weight excluding hydrogens is 378 g/mol. The van der Waals surface area contributed by atoms with Gasteiger partial charge < -0.3 is 9.88 Å². The summed E-state index contributed by atoms with van der Waals surface area (Å²) in [5.74, 6) is 1.49. The van der Waals surface area contributed by atoms with Gasteiger partial charge in [-0.1, -0.05) is 6.42 Å². The van der Waals surface area contributed by atoms with Crippen molar-refractivity contribution < 1.29 is 13.2 Å². The average molecular weight is 404 g/mol. The molecule has 1 N–H and O–H groups in total. The van der Waals surface area contributed by atoms with Crippen LogP contribution in [0.4, 0.5) is 0 Å². The highest BCUT2D eigenvalue weighted by Gasteiger charge is 2.27. The molecule has 0 bridgehead atoms. The third-order valence-electron chi connectivity index (χ3n) is 5.41. The second kappa shape index (κ2) is 8.00. The lowest BCUT2D eigenvalue weighted by molar-refractivity contribution is 0.0949. The Hall–Kier alpha value is -2.26. The molecule has 0 aliphatic carbocycles. The van der Waals surface area contributed by atoms with Crippen LogP contribution in [-0.2, 0) is 29.5 Å². The van der Waals surface area contributed by atoms with E-state index in [2.05, 4.69) is 20.1 Å². The molecule has 0 saturated carbocycles. The Kier molecular flexibility index (Phi) is 5.45. The normalized spacial score (nSPS) is 17.9. The molecule has 28 heavy (non-hydrogen) atoms. The van der Waals surface area contributed by atoms with Crippen LogP contribution in [0.1, 0.15) is 54.1 Å². The number of aryl methyl sites for hydroxylation is 1. The standard InChI is InChI=1S/C19H25N5O3S/c25-19(20-14-18-22-21-17-6-2-1-3-13-24(17)18)15-7-9-16(10-8-15)28(26,27)23-11-4-5-12-23/h7-10H,1-6,11-14H2,(H,20,25). The van der Waals surface area contributed by atoms with E-state index in [4.69, 9.17) is 0 Å². The van der Waals surface area contributed by atoms with Crippen LogP contribution < -0.4 is 5.32 Å². The minimum absolute atomic E-state index is 0.230. The van der Waals surface area contributed by atoms with E-state index in [9.17, 15) is 13.2 Å². The number of nitrogens with zero attached hydrogens (tertiary/aromatic N) is 4. The number of carbonyl (C=O) groups excluding carboxylic acids is 1. The molecule has 150 valence electrons. The fourth-order valence-electron chi connectivity index (χ4n) is 3.79. The zero-order valence-corrected chi connectivity index (χ0v) is 16.6. The van der Waals surface area contributed by atoms with E-state index in [-0.39, 0.29) is 10.8 Å². The Bertz CT molecular complexity index is 946. The van der Waals surface area contributed by atoms with Gasteiger partial charge in [-0.3, -0.25) is 4.79 Å². The summed E-state index contributed by atoms with van der Waals surface area (Å²) >= 11 is 0. The van der Waals surface area contributed by atoms with Crippen molar-refractivity contribution in [2.24, 2.45) is 0 Å². The molecule has 1 saturated heterocycles. The Morgan fingerprint density at radius 1 is 0.964 bits per heavy atom. The summed E-state index contributed by atoms with van der Waals surface area (Å²) < 4.78 is 28.7. The first-order valence-electron chi connectivity index (χ1n) is 9.85. The smallest absolute Gasteiger partial charge is 0.251 e. The maximum absolute atomic E-state index is 12.6. The number of aromatic nitrogens is 3. The van der Waals surface area contributed by atoms with Crippen LogP contribution in [0.2, 0.25) is 0 Å². The lowest BCUT2D eigenvalue weighted by Gasteiger charge is -2.15. The van der Waals surface area contributed by atoms with E-state index in [0.29, 0.717) is 25.2 Å². The molecule has 1 fully saturated rings. The lowest BCUT2D eigenvalue weighted by atomic mass is 10.2. The van der Waals surface area contributed by atoms with Crippen LogP contribution in [0.3, 0.4) is 0 Å². The van der Waals surface area contributed by atoms with Crippen molar-refractivity contribution in [3.8, 4) is 0 Å². The average Bonchev–Trinajstić information content (AvgIpc) is 3.32. The molecular formula is C19H25N5O3S. The molecule has 2 aromatic rings. The molecule has 0 atom stereocenters. The largest absolute Gasteiger partial charge is 0.345 e. The molecule has 4 rings (SSSR count). The molecule has 2 aliphatic heterocycles. The summed E-state index contributed by atoms with van der Waals surface area (Å²) in [6, 6.07) is 6.13. The van der Waals surface area contributed by atoms with Crippen molar-refractivity contribution in [1.29, 1.82) is 0 Å². The van der Waals surface area contributed by atoms with Crippen molar-refractivity contribution in [3.05, 3.63) is 41.5 Å². The van der Waals surface area contributed by atoms with Gasteiger partial charge in [-0.2, -0.15) is 4.31 Å². The maximum atomic E-state index is 12.6. The number of sulfonamides is 1. The number of fused-ring (bicyclic) bond motifs is 1. The Labute approximate surface area is 165 Å². The Balaban J connectivity index is 1.41. The predicted molar refractivity (Wildman–Crippen MR) is 103 cm³/mol. The van der Waals surface area contributed by atoms with Gasteiger partial charge in [0.15, 0.2) is 5.82 Å². The number of rotatable bonds is 5. The molecule has 8 nitrogen and oxygen atoms in total. The molecule has 1 aromatic heterocycles. The molecule has 1 aromatic carbocycles. The third-order valence-corrected chi connectivity index (χ3v) is 7.33. The van der Waals surface area contributed by atoms with Gasteiger partial charge >= 0.3 is 0 Å². The lowest BCUT2D eigenvalue weighted by Crippen LogP contribution is -2.28. The fraction of sp³-hybridized carbons (Fsp3) is 0.526. The number of hydrogen-bond acceptors (Lipinski definition) is 5. The molecule has 0 radical (unpaired) electrons. The first-order chi connectivity index (χ1) is 13.6. The van der Waals surface area contributed by atoms with Crippen LogP contribution in [-0.4, -0.2) is 46.5 Å². The van der Waals surface area contributed by atoms with Crippen molar-refractivity contribution in [2.75, 3.05) is 13.1 Å². The van der Waals surface area contributed by atoms with E-state index in [1.807, 2.05) is 0 Å². The Morgan fingerprint density at radius 2 is 1.68 bits per heavy atom. The summed E-state index contributed by atoms with van der Waals surface area (Å²) in [6.45, 7) is 2.32. The van der Waals surface area contributed by atoms with Gasteiger partial charge in [0.1, 0.15) is 5.82 Å². The maximum Gasteiger partial charge on any atom is 0.251 e. The van der Waals surface area contributed by atoms with Crippen LogP contribution in [0.25, 0.3) is 0 Å². The highest BCUT2D eigenvalue weighted by molar-refractivity contribution is 7.89. The van der Waals surface area contributed by atoms with Crippen LogP contribution in [0.15, 0.2) is 29.2 Å². The predicted octanol–water partition coefficient (Wildman–Crippen LogP) is 1.72. The minimum atomic E-state index is -3.46. The molecule has 1 amide bonds. The number of nitrogens with one attached hydrogen (secondary N) is 1. The second-order valence-corrected chi connectivity index (χ2v) is 9.25. The van der Waals surface area contributed by atoms with Crippen molar-refractivity contribution in [3.63, 3.8) is 0 Å². The van der Waals surface area contributed by atoms with Gasteiger partial charge in [0, 0.05) is 31.6 Å². The number of benzene rings is 1. The third kappa shape index (κ3) is 3.81. The van der Waals surface area contributed by atoms with E-state index in [0.717, 1.165) is 50.3 Å². The van der Waals surface area contributed by atoms with Crippen molar-refractivity contribution in [2.45, 2.75) is 56.5 Å². The highest BCUT2D eigenvalue weighted by atomic mass is 32.2. The van der Waals surface area contributed by atoms with Crippen LogP contribution in [0, 0.1) is 0 Å². The fourth-order valence-corrected chi connectivity index (χ4v) is 5.31. The molecule has 9 heteroatoms. The SMILES string of the molecule is O=C(NCc1nnc2n1CCCCC2)c1ccc(S(=O)(=O)N2CCCC2)cc1. The highest BCUT2D eigenvalue weighted by Crippen LogP contribution is 2.21. The molecule has 0 unspecified atom stereocenters. The van der Waals surface area contributed by atoms with E-state index >= 15 is 0 Å². The van der Waals surface area contributed by atoms with Gasteiger partial charge in [-0.15, -0.1) is 10.2 Å². The molecule has 2 aliphatic rings. The summed E-state index contributed by atoms with van der Waals surface area (Å²) in [5, 5.41) is 11.3. The number of amides is 1. The van der Waals surface area contributed by atoms with Crippen molar-refractivity contribution in [1.82, 2.24) is 24.4 Å². The zero-order valence-electron chi connectivity index (χ0n) is 15.8. The van der Waals surface area contributed by atoms with Gasteiger partial charge in [0.2, 0.25) is 10.0 Å². The molecule has 3 heterocycles. The minimum Gasteiger partial charge on any atom is -0.345 e. The number of hydrogen-bond donors (Lipinski definition) is 1. The van der Waals surface area contributed by atoms with Gasteiger partial charge in [-0.05, 0) is 49.9 Å². The summed E-state index contributed by atoms with van der Waals surface area (Å²) in [5.41, 5.74) is 0.427. The van der Waals surface area contributed by atoms with E-state index in [1.54, 1.807) is 12.1 Å². The zero-order chi connectivity index (χ0) is 19.6. The molecule has 0 spiro atoms. The first-order valence-corrected chi connectivity index (χ1v) is 11.3. The quantitative estimate of drug-likeness (QED) is 0.820. The first kappa shape index (κ1) is 19.1. The van der Waals surface area contributed by atoms with Gasteiger partial charge in [-0.25, -0.2) is 8.42 Å². The van der Waals surface area contributed by atoms with Crippen LogP contribution in [0.5, 0.6) is 0 Å². The Morgan fingerprint density at radius 3 is 2.43 bits per heavy atom. The van der Waals surface area contributed by atoms with Gasteiger partial charge in [0.05, 0.1) is 11.4 Å². The van der Waals surface area contributed by atoms with Crippen molar-refractivity contribution >= 4 is 15.9 Å². The summed E-state index contributed by atoms with van der Waals surface area (Å²) in [4.78, 5) is 12.7. The van der Waals surface area contributed by atoms with Gasteiger partial charge in [0.25, 0.3) is 5.91 Å². The summed E-state index contributed by atoms with van der Waals surface area (Å²) in [7, 11) is -3.46. The topological polar surface area (TPSA) is 97.2 Å². The second-order valence-electron chi connectivity index (χ2n) is 7.31.